The summed E-state index contributed by atoms with van der Waals surface area (Å²) in [6.07, 6.45) is 9.74. The molecule has 3 rings (SSSR count). The van der Waals surface area contributed by atoms with Crippen LogP contribution in [0.5, 0.6) is 0 Å². The van der Waals surface area contributed by atoms with E-state index in [0.717, 1.165) is 0 Å². The minimum Gasteiger partial charge on any atom is -0.0739 e. The normalized spacial score (nSPS) is 22.0. The average Bonchev–Trinajstić information content (AvgIpc) is 2.78. The van der Waals surface area contributed by atoms with Gasteiger partial charge in [-0.1, -0.05) is 48.6 Å². The smallest absolute Gasteiger partial charge is 0.00743 e. The molecule has 2 aliphatic carbocycles. The van der Waals surface area contributed by atoms with Crippen molar-refractivity contribution in [3.63, 3.8) is 0 Å². The lowest BCUT2D eigenvalue weighted by Gasteiger charge is -1.99. The van der Waals surface area contributed by atoms with E-state index in [2.05, 4.69) is 48.6 Å². The van der Waals surface area contributed by atoms with Crippen molar-refractivity contribution < 1.29 is 0 Å². The molecule has 1 aromatic carbocycles. The van der Waals surface area contributed by atoms with Gasteiger partial charge in [0.25, 0.3) is 0 Å². The summed E-state index contributed by atoms with van der Waals surface area (Å²) in [5, 5.41) is 0. The summed E-state index contributed by atoms with van der Waals surface area (Å²) >= 11 is 0. The number of benzene rings is 1. The monoisotopic (exact) mass is 168 g/mol. The molecule has 0 bridgehead atoms. The Morgan fingerprint density at radius 2 is 1.77 bits per heavy atom. The summed E-state index contributed by atoms with van der Waals surface area (Å²) < 4.78 is 0. The molecule has 0 radical (unpaired) electrons. The van der Waals surface area contributed by atoms with Gasteiger partial charge in [0, 0.05) is 5.41 Å². The van der Waals surface area contributed by atoms with Crippen LogP contribution < -0.4 is 0 Å². The predicted molar refractivity (Wildman–Crippen MR) is 55.2 cm³/mol. The van der Waals surface area contributed by atoms with Crippen molar-refractivity contribution in [3.05, 3.63) is 54.1 Å². The summed E-state index contributed by atoms with van der Waals surface area (Å²) in [7, 11) is 0. The van der Waals surface area contributed by atoms with E-state index < -0.39 is 0 Å². The second kappa shape index (κ2) is 2.35. The maximum absolute atomic E-state index is 2.42. The summed E-state index contributed by atoms with van der Waals surface area (Å²) in [5.74, 6) is 0. The molecule has 0 amide bonds. The van der Waals surface area contributed by atoms with Gasteiger partial charge in [-0.15, -0.1) is 0 Å². The maximum Gasteiger partial charge on any atom is 0.00743 e. The standard InChI is InChI=1S/C13H12/c1-2-4-11(5-3-1)12-6-7-13(10-12)8-9-13/h1-7,10H,8-9H2. The number of allylic oxidation sites excluding steroid dienone is 4. The van der Waals surface area contributed by atoms with Crippen LogP contribution in [0, 0.1) is 5.41 Å². The first kappa shape index (κ1) is 7.14. The quantitative estimate of drug-likeness (QED) is 0.602. The molecule has 0 saturated heterocycles. The molecule has 0 aliphatic heterocycles. The highest BCUT2D eigenvalue weighted by Gasteiger charge is 2.40. The molecule has 1 saturated carbocycles. The minimum absolute atomic E-state index is 0.477. The van der Waals surface area contributed by atoms with Crippen LogP contribution in [0.1, 0.15) is 18.4 Å². The Hall–Kier alpha value is -1.30. The van der Waals surface area contributed by atoms with Crippen molar-refractivity contribution in [2.24, 2.45) is 5.41 Å². The topological polar surface area (TPSA) is 0 Å². The molecule has 0 nitrogen and oxygen atoms in total. The molecule has 64 valence electrons. The number of rotatable bonds is 1. The van der Waals surface area contributed by atoms with Gasteiger partial charge in [-0.05, 0) is 24.0 Å². The molecule has 0 heteroatoms. The van der Waals surface area contributed by atoms with Gasteiger partial charge in [0.05, 0.1) is 0 Å². The highest BCUT2D eigenvalue weighted by molar-refractivity contribution is 5.78. The molecular formula is C13H12. The van der Waals surface area contributed by atoms with E-state index in [1.165, 1.54) is 24.0 Å². The predicted octanol–water partition coefficient (Wildman–Crippen LogP) is 3.42. The second-order valence-corrected chi connectivity index (χ2v) is 4.03. The maximum atomic E-state index is 2.42. The molecular weight excluding hydrogens is 156 g/mol. The largest absolute Gasteiger partial charge is 0.0739 e. The van der Waals surface area contributed by atoms with Crippen LogP contribution in [0.3, 0.4) is 0 Å². The Bertz CT molecular complexity index is 378. The van der Waals surface area contributed by atoms with Crippen LogP contribution in [0.4, 0.5) is 0 Å². The summed E-state index contributed by atoms with van der Waals surface area (Å²) in [6, 6.07) is 10.6. The van der Waals surface area contributed by atoms with E-state index in [9.17, 15) is 0 Å². The molecule has 13 heavy (non-hydrogen) atoms. The molecule has 1 spiro atoms. The van der Waals surface area contributed by atoms with E-state index in [1.54, 1.807) is 0 Å². The Balaban J connectivity index is 2.00. The first-order valence-electron chi connectivity index (χ1n) is 4.86. The van der Waals surface area contributed by atoms with Gasteiger partial charge in [-0.25, -0.2) is 0 Å². The number of hydrogen-bond donors (Lipinski definition) is 0. The molecule has 0 heterocycles. The second-order valence-electron chi connectivity index (χ2n) is 4.03. The van der Waals surface area contributed by atoms with E-state index in [0.29, 0.717) is 5.41 Å². The van der Waals surface area contributed by atoms with Gasteiger partial charge in [0.15, 0.2) is 0 Å². The van der Waals surface area contributed by atoms with Crippen LogP contribution in [0.2, 0.25) is 0 Å². The van der Waals surface area contributed by atoms with Gasteiger partial charge in [-0.3, -0.25) is 0 Å². The van der Waals surface area contributed by atoms with Gasteiger partial charge in [0.2, 0.25) is 0 Å². The SMILES string of the molecule is C1=CC2(C=C1c1ccccc1)CC2. The lowest BCUT2D eigenvalue weighted by Crippen LogP contribution is -1.83. The molecule has 1 aromatic rings. The fourth-order valence-electron chi connectivity index (χ4n) is 1.93. The average molecular weight is 168 g/mol. The van der Waals surface area contributed by atoms with Gasteiger partial charge < -0.3 is 0 Å². The molecule has 1 fully saturated rings. The lowest BCUT2D eigenvalue weighted by molar-refractivity contribution is 0.875. The van der Waals surface area contributed by atoms with Crippen LogP contribution in [0.25, 0.3) is 5.57 Å². The molecule has 0 N–H and O–H groups in total. The molecule has 0 aromatic heterocycles. The van der Waals surface area contributed by atoms with E-state index in [4.69, 9.17) is 0 Å². The summed E-state index contributed by atoms with van der Waals surface area (Å²) in [6.45, 7) is 0. The van der Waals surface area contributed by atoms with E-state index >= 15 is 0 Å². The molecule has 0 atom stereocenters. The van der Waals surface area contributed by atoms with Crippen molar-refractivity contribution in [2.75, 3.05) is 0 Å². The van der Waals surface area contributed by atoms with Crippen LogP contribution in [-0.2, 0) is 0 Å². The zero-order valence-electron chi connectivity index (χ0n) is 7.53. The third-order valence-corrected chi connectivity index (χ3v) is 2.97. The van der Waals surface area contributed by atoms with E-state index in [1.807, 2.05) is 0 Å². The highest BCUT2D eigenvalue weighted by atomic mass is 14.4. The lowest BCUT2D eigenvalue weighted by atomic mass is 10.1. The van der Waals surface area contributed by atoms with Crippen molar-refractivity contribution in [1.29, 1.82) is 0 Å². The van der Waals surface area contributed by atoms with Crippen LogP contribution >= 0.6 is 0 Å². The zero-order chi connectivity index (χ0) is 8.73. The third-order valence-electron chi connectivity index (χ3n) is 2.97. The fourth-order valence-corrected chi connectivity index (χ4v) is 1.93. The van der Waals surface area contributed by atoms with Gasteiger partial charge in [-0.2, -0.15) is 0 Å². The van der Waals surface area contributed by atoms with Crippen molar-refractivity contribution in [2.45, 2.75) is 12.8 Å². The Kier molecular flexibility index (Phi) is 1.29. The van der Waals surface area contributed by atoms with Crippen molar-refractivity contribution >= 4 is 5.57 Å². The molecule has 2 aliphatic rings. The third kappa shape index (κ3) is 1.14. The van der Waals surface area contributed by atoms with Crippen molar-refractivity contribution in [1.82, 2.24) is 0 Å². The first-order valence-corrected chi connectivity index (χ1v) is 4.86. The zero-order valence-corrected chi connectivity index (χ0v) is 7.53. The summed E-state index contributed by atoms with van der Waals surface area (Å²) in [4.78, 5) is 0. The van der Waals surface area contributed by atoms with Crippen LogP contribution in [-0.4, -0.2) is 0 Å². The number of hydrogen-bond acceptors (Lipinski definition) is 0. The van der Waals surface area contributed by atoms with Crippen molar-refractivity contribution in [3.8, 4) is 0 Å². The molecule has 0 unspecified atom stereocenters. The Morgan fingerprint density at radius 3 is 2.38 bits per heavy atom. The van der Waals surface area contributed by atoms with Gasteiger partial charge >= 0.3 is 0 Å². The Labute approximate surface area is 78.6 Å². The fraction of sp³-hybridized carbons (Fsp3) is 0.231. The highest BCUT2D eigenvalue weighted by Crippen LogP contribution is 2.53. The minimum atomic E-state index is 0.477. The van der Waals surface area contributed by atoms with Gasteiger partial charge in [0.1, 0.15) is 0 Å². The van der Waals surface area contributed by atoms with E-state index in [-0.39, 0.29) is 0 Å². The van der Waals surface area contributed by atoms with Crippen LogP contribution in [0.15, 0.2) is 48.6 Å². The summed E-state index contributed by atoms with van der Waals surface area (Å²) in [5.41, 5.74) is 3.23. The first-order chi connectivity index (χ1) is 6.38. The Morgan fingerprint density at radius 1 is 1.00 bits per heavy atom.